The first-order chi connectivity index (χ1) is 18.5. The van der Waals surface area contributed by atoms with E-state index < -0.39 is 0 Å². The third-order valence-corrected chi connectivity index (χ3v) is 7.10. The maximum atomic E-state index is 12.5. The van der Waals surface area contributed by atoms with Gasteiger partial charge in [-0.2, -0.15) is 0 Å². The number of nitrogens with zero attached hydrogens (tertiary/aromatic N) is 2. The second kappa shape index (κ2) is 11.0. The van der Waals surface area contributed by atoms with Gasteiger partial charge in [0.15, 0.2) is 29.3 Å². The van der Waals surface area contributed by atoms with Crippen LogP contribution in [0, 0.1) is 6.92 Å². The maximum Gasteiger partial charge on any atom is 0.264 e. The Balaban J connectivity index is 1.25. The van der Waals surface area contributed by atoms with Gasteiger partial charge in [-0.1, -0.05) is 40.8 Å². The summed E-state index contributed by atoms with van der Waals surface area (Å²) in [6.45, 7) is 1.79. The van der Waals surface area contributed by atoms with E-state index in [9.17, 15) is 4.79 Å². The molecule has 0 bridgehead atoms. The third-order valence-electron chi connectivity index (χ3n) is 6.15. The van der Waals surface area contributed by atoms with E-state index in [-0.39, 0.29) is 18.6 Å². The number of hydrogen-bond acceptors (Lipinski definition) is 9. The van der Waals surface area contributed by atoms with Crippen molar-refractivity contribution in [2.24, 2.45) is 5.16 Å². The quantitative estimate of drug-likeness (QED) is 0.303. The number of thiazole rings is 1. The van der Waals surface area contributed by atoms with Crippen molar-refractivity contribution in [3.8, 4) is 23.0 Å². The molecule has 5 rings (SSSR count). The van der Waals surface area contributed by atoms with Crippen LogP contribution in [0.1, 0.15) is 29.2 Å². The first kappa shape index (κ1) is 25.3. The molecule has 38 heavy (non-hydrogen) atoms. The number of aromatic nitrogens is 1. The van der Waals surface area contributed by atoms with E-state index in [2.05, 4.69) is 15.5 Å². The molecule has 2 heterocycles. The lowest BCUT2D eigenvalue weighted by Crippen LogP contribution is -2.20. The molecule has 196 valence electrons. The molecule has 0 saturated carbocycles. The van der Waals surface area contributed by atoms with Gasteiger partial charge in [-0.25, -0.2) is 4.98 Å². The van der Waals surface area contributed by atoms with Crippen LogP contribution in [0.5, 0.6) is 23.0 Å². The summed E-state index contributed by atoms with van der Waals surface area (Å²) < 4.78 is 23.2. The van der Waals surface area contributed by atoms with Crippen LogP contribution >= 0.6 is 11.3 Å². The summed E-state index contributed by atoms with van der Waals surface area (Å²) in [5.41, 5.74) is 4.22. The van der Waals surface area contributed by atoms with E-state index in [0.29, 0.717) is 34.6 Å². The number of methoxy groups -OCH3 is 3. The first-order valence-corrected chi connectivity index (χ1v) is 12.7. The second-order valence-electron chi connectivity index (χ2n) is 8.60. The number of carbonyl (C=O) groups excluding carboxylic acids is 1. The number of anilines is 1. The van der Waals surface area contributed by atoms with Gasteiger partial charge in [-0.15, -0.1) is 0 Å². The molecule has 1 aliphatic rings. The summed E-state index contributed by atoms with van der Waals surface area (Å²) in [6, 6.07) is 17.2. The summed E-state index contributed by atoms with van der Waals surface area (Å²) in [5, 5.41) is 7.67. The Bertz CT molecular complexity index is 1460. The van der Waals surface area contributed by atoms with E-state index in [1.165, 1.54) is 11.3 Å². The number of fused-ring (bicyclic) bond motifs is 1. The van der Waals surface area contributed by atoms with Crippen molar-refractivity contribution in [1.29, 1.82) is 0 Å². The van der Waals surface area contributed by atoms with Gasteiger partial charge in [0, 0.05) is 12.0 Å². The predicted molar refractivity (Wildman–Crippen MR) is 146 cm³/mol. The van der Waals surface area contributed by atoms with Crippen LogP contribution in [0.15, 0.2) is 59.8 Å². The van der Waals surface area contributed by atoms with E-state index in [1.54, 1.807) is 21.3 Å². The highest BCUT2D eigenvalue weighted by Crippen LogP contribution is 2.40. The van der Waals surface area contributed by atoms with Crippen LogP contribution in [0.25, 0.3) is 10.2 Å². The zero-order valence-corrected chi connectivity index (χ0v) is 22.3. The second-order valence-corrected chi connectivity index (χ2v) is 9.63. The smallest absolute Gasteiger partial charge is 0.264 e. The molecular formula is C28H27N3O6S. The van der Waals surface area contributed by atoms with Crippen molar-refractivity contribution in [1.82, 2.24) is 4.98 Å². The molecule has 0 fully saturated rings. The average molecular weight is 534 g/mol. The number of oxime groups is 1. The highest BCUT2D eigenvalue weighted by atomic mass is 32.1. The van der Waals surface area contributed by atoms with Crippen LogP contribution in [0.2, 0.25) is 0 Å². The lowest BCUT2D eigenvalue weighted by Gasteiger charge is -2.14. The summed E-state index contributed by atoms with van der Waals surface area (Å²) >= 11 is 1.42. The standard InChI is InChI=1S/C28H27N3O6S/c1-16-9-10-17(11-21(16)36-15-26(32)30-28-29-19-7-5-6-8-25(19)38-28)22-14-20(31-37-22)18-12-23(33-2)27(35-4)24(13-18)34-3/h5-13,22H,14-15H2,1-4H3,(H,29,30,32). The maximum absolute atomic E-state index is 12.5. The number of amides is 1. The van der Waals surface area contributed by atoms with Gasteiger partial charge in [0.05, 0.1) is 37.3 Å². The largest absolute Gasteiger partial charge is 0.493 e. The van der Waals surface area contributed by atoms with E-state index >= 15 is 0 Å². The van der Waals surface area contributed by atoms with Gasteiger partial charge in [0.25, 0.3) is 5.91 Å². The Labute approximate surface area is 223 Å². The highest BCUT2D eigenvalue weighted by Gasteiger charge is 2.26. The highest BCUT2D eigenvalue weighted by molar-refractivity contribution is 7.22. The minimum atomic E-state index is -0.302. The number of benzene rings is 3. The molecule has 0 spiro atoms. The normalized spacial score (nSPS) is 14.5. The lowest BCUT2D eigenvalue weighted by atomic mass is 9.98. The molecule has 0 aliphatic carbocycles. The minimum absolute atomic E-state index is 0.140. The predicted octanol–water partition coefficient (Wildman–Crippen LogP) is 5.51. The molecule has 1 aromatic heterocycles. The Morgan fingerprint density at radius 3 is 2.50 bits per heavy atom. The van der Waals surface area contributed by atoms with Crippen molar-refractivity contribution in [2.75, 3.05) is 33.3 Å². The summed E-state index contributed by atoms with van der Waals surface area (Å²) in [7, 11) is 4.71. The van der Waals surface area contributed by atoms with E-state index in [0.717, 1.165) is 32.6 Å². The Morgan fingerprint density at radius 2 is 1.79 bits per heavy atom. The summed E-state index contributed by atoms with van der Waals surface area (Å²) in [6.07, 6.45) is 0.239. The van der Waals surface area contributed by atoms with Crippen LogP contribution in [-0.4, -0.2) is 44.5 Å². The number of carbonyl (C=O) groups is 1. The molecule has 1 atom stereocenters. The van der Waals surface area contributed by atoms with Crippen LogP contribution in [0.3, 0.4) is 0 Å². The topological polar surface area (TPSA) is 100 Å². The number of ether oxygens (including phenoxy) is 4. The number of nitrogens with one attached hydrogen (secondary N) is 1. The molecule has 1 N–H and O–H groups in total. The zero-order chi connectivity index (χ0) is 26.6. The number of para-hydroxylation sites is 1. The molecule has 0 radical (unpaired) electrons. The monoisotopic (exact) mass is 533 g/mol. The minimum Gasteiger partial charge on any atom is -0.493 e. The van der Waals surface area contributed by atoms with Crippen molar-refractivity contribution in [3.63, 3.8) is 0 Å². The van der Waals surface area contributed by atoms with Crippen LogP contribution in [0.4, 0.5) is 5.13 Å². The average Bonchev–Trinajstić information content (AvgIpc) is 3.59. The Hall–Kier alpha value is -4.31. The molecule has 3 aromatic carbocycles. The molecule has 9 nitrogen and oxygen atoms in total. The first-order valence-electron chi connectivity index (χ1n) is 11.9. The van der Waals surface area contributed by atoms with Gasteiger partial charge >= 0.3 is 0 Å². The number of aryl methyl sites for hydroxylation is 1. The Kier molecular flexibility index (Phi) is 7.32. The molecule has 1 amide bonds. The fourth-order valence-electron chi connectivity index (χ4n) is 4.17. The summed E-state index contributed by atoms with van der Waals surface area (Å²) in [5.74, 6) is 1.93. The van der Waals surface area contributed by atoms with Crippen molar-refractivity contribution < 1.29 is 28.6 Å². The molecule has 4 aromatic rings. The molecule has 0 saturated heterocycles. The van der Waals surface area contributed by atoms with E-state index in [4.69, 9.17) is 23.8 Å². The number of rotatable bonds is 9. The molecule has 1 unspecified atom stereocenters. The zero-order valence-electron chi connectivity index (χ0n) is 21.4. The summed E-state index contributed by atoms with van der Waals surface area (Å²) in [4.78, 5) is 22.7. The fourth-order valence-corrected chi connectivity index (χ4v) is 5.05. The van der Waals surface area contributed by atoms with Gasteiger partial charge in [0.1, 0.15) is 5.75 Å². The van der Waals surface area contributed by atoms with Gasteiger partial charge < -0.3 is 23.8 Å². The van der Waals surface area contributed by atoms with Crippen LogP contribution in [-0.2, 0) is 9.63 Å². The fraction of sp³-hybridized carbons (Fsp3) is 0.250. The van der Waals surface area contributed by atoms with Crippen LogP contribution < -0.4 is 24.3 Å². The van der Waals surface area contributed by atoms with Crippen molar-refractivity contribution in [2.45, 2.75) is 19.4 Å². The number of hydrogen-bond donors (Lipinski definition) is 1. The SMILES string of the molecule is COc1cc(C2=NOC(c3ccc(C)c(OCC(=O)Nc4nc5ccccc5s4)c3)C2)cc(OC)c1OC. The Morgan fingerprint density at radius 1 is 1.03 bits per heavy atom. The van der Waals surface area contributed by atoms with Gasteiger partial charge in [-0.05, 0) is 48.4 Å². The van der Waals surface area contributed by atoms with Crippen molar-refractivity contribution >= 4 is 38.3 Å². The molecular weight excluding hydrogens is 506 g/mol. The molecule has 1 aliphatic heterocycles. The van der Waals surface area contributed by atoms with E-state index in [1.807, 2.05) is 61.5 Å². The molecule has 10 heteroatoms. The lowest BCUT2D eigenvalue weighted by molar-refractivity contribution is -0.118. The third kappa shape index (κ3) is 5.21. The van der Waals surface area contributed by atoms with Crippen molar-refractivity contribution in [3.05, 3.63) is 71.3 Å². The van der Waals surface area contributed by atoms with Gasteiger partial charge in [0.2, 0.25) is 5.75 Å². The van der Waals surface area contributed by atoms with Gasteiger partial charge in [-0.3, -0.25) is 10.1 Å².